The van der Waals surface area contributed by atoms with Crippen molar-refractivity contribution < 1.29 is 38.2 Å². The number of hydrogen-bond acceptors (Lipinski definition) is 9. The smallest absolute Gasteiger partial charge is 0.336 e. The van der Waals surface area contributed by atoms with Gasteiger partial charge < -0.3 is 14.2 Å². The van der Waals surface area contributed by atoms with Crippen LogP contribution >= 0.6 is 0 Å². The third-order valence-corrected chi connectivity index (χ3v) is 9.23. The molecule has 4 aliphatic rings. The van der Waals surface area contributed by atoms with Gasteiger partial charge in [-0.3, -0.25) is 24.1 Å². The second kappa shape index (κ2) is 10.3. The van der Waals surface area contributed by atoms with E-state index < -0.39 is 58.4 Å². The molecule has 0 N–H and O–H groups in total. The van der Waals surface area contributed by atoms with Crippen LogP contribution in [0, 0.1) is 28.6 Å². The lowest BCUT2D eigenvalue weighted by atomic mass is 9.45. The number of Topliss-reactive ketones (excluding diaryl/α,β-unsaturated/α-hetero) is 3. The number of carbonyl (C=O) groups is 5. The molecule has 0 aromatic heterocycles. The van der Waals surface area contributed by atoms with E-state index in [2.05, 4.69) is 13.2 Å². The molecule has 0 aromatic carbocycles. The van der Waals surface area contributed by atoms with Crippen molar-refractivity contribution in [2.24, 2.45) is 28.6 Å². The van der Waals surface area contributed by atoms with Crippen molar-refractivity contribution in [1.29, 1.82) is 0 Å². The van der Waals surface area contributed by atoms with E-state index in [0.29, 0.717) is 25.9 Å². The SMILES string of the molecule is C=CCN(CC=C)CC1=C2C(=O)C(=O)C3C4CCC(=O)C4(C)CC(OC(C)=O)C3C2(C)C(COC)OC1=O. The Kier molecular flexibility index (Phi) is 7.65. The fourth-order valence-corrected chi connectivity index (χ4v) is 7.64. The average Bonchev–Trinajstić information content (AvgIpc) is 3.13. The molecule has 4 rings (SSSR count). The Bertz CT molecular complexity index is 1110. The van der Waals surface area contributed by atoms with Crippen LogP contribution in [0.25, 0.3) is 0 Å². The molecule has 7 unspecified atom stereocenters. The molecule has 206 valence electrons. The minimum Gasteiger partial charge on any atom is -0.462 e. The number of cyclic esters (lactones) is 1. The number of fused-ring (bicyclic) bond motifs is 5. The standard InChI is InChI=1S/C29H37NO8/c1-7-11-30(12-8-2)14-17-23-26(34)25(33)22-18-9-10-20(32)28(18,4)13-19(37-16(3)31)24(22)29(23,5)21(15-36-6)38-27(17)35/h7-8,18-19,21-22,24H,1-2,9-15H2,3-6H3. The topological polar surface area (TPSA) is 116 Å². The third-order valence-electron chi connectivity index (χ3n) is 9.23. The summed E-state index contributed by atoms with van der Waals surface area (Å²) in [4.78, 5) is 68.5. The number of ether oxygens (including phenoxy) is 3. The fourth-order valence-electron chi connectivity index (χ4n) is 7.64. The summed E-state index contributed by atoms with van der Waals surface area (Å²) in [5, 5.41) is 0. The van der Waals surface area contributed by atoms with Gasteiger partial charge in [0.2, 0.25) is 11.6 Å². The third kappa shape index (κ3) is 4.20. The molecule has 1 aliphatic heterocycles. The number of rotatable bonds is 9. The Morgan fingerprint density at radius 1 is 1.16 bits per heavy atom. The van der Waals surface area contributed by atoms with Gasteiger partial charge in [0, 0.05) is 68.3 Å². The Morgan fingerprint density at radius 2 is 1.82 bits per heavy atom. The first kappa shape index (κ1) is 28.1. The van der Waals surface area contributed by atoms with Crippen LogP contribution in [0.1, 0.15) is 40.0 Å². The molecule has 0 saturated heterocycles. The number of esters is 2. The highest BCUT2D eigenvalue weighted by Crippen LogP contribution is 2.64. The van der Waals surface area contributed by atoms with Crippen LogP contribution in [-0.2, 0) is 38.2 Å². The van der Waals surface area contributed by atoms with Crippen LogP contribution in [-0.4, -0.2) is 79.7 Å². The summed E-state index contributed by atoms with van der Waals surface area (Å²) < 4.78 is 17.2. The maximum absolute atomic E-state index is 14.0. The summed E-state index contributed by atoms with van der Waals surface area (Å²) in [6, 6.07) is 0. The normalized spacial score (nSPS) is 36.4. The van der Waals surface area contributed by atoms with Gasteiger partial charge in [0.1, 0.15) is 18.0 Å². The van der Waals surface area contributed by atoms with Crippen molar-refractivity contribution in [3.8, 4) is 0 Å². The first-order valence-electron chi connectivity index (χ1n) is 13.1. The molecule has 0 amide bonds. The molecular weight excluding hydrogens is 490 g/mol. The molecule has 9 heteroatoms. The maximum Gasteiger partial charge on any atom is 0.336 e. The second-order valence-electron chi connectivity index (χ2n) is 11.3. The van der Waals surface area contributed by atoms with Crippen LogP contribution in [0.5, 0.6) is 0 Å². The lowest BCUT2D eigenvalue weighted by Gasteiger charge is -2.59. The average molecular weight is 528 g/mol. The summed E-state index contributed by atoms with van der Waals surface area (Å²) in [6.07, 6.45) is 2.65. The van der Waals surface area contributed by atoms with Gasteiger partial charge in [-0.2, -0.15) is 0 Å². The Morgan fingerprint density at radius 3 is 2.39 bits per heavy atom. The number of methoxy groups -OCH3 is 1. The largest absolute Gasteiger partial charge is 0.462 e. The Labute approximate surface area is 223 Å². The molecule has 0 bridgehead atoms. The summed E-state index contributed by atoms with van der Waals surface area (Å²) in [6.45, 7) is 13.3. The minimum atomic E-state index is -1.18. The highest BCUT2D eigenvalue weighted by molar-refractivity contribution is 6.46. The van der Waals surface area contributed by atoms with E-state index >= 15 is 0 Å². The van der Waals surface area contributed by atoms with E-state index in [9.17, 15) is 24.0 Å². The zero-order valence-corrected chi connectivity index (χ0v) is 22.6. The van der Waals surface area contributed by atoms with Crippen LogP contribution in [0.2, 0.25) is 0 Å². The van der Waals surface area contributed by atoms with E-state index in [1.807, 2.05) is 18.7 Å². The summed E-state index contributed by atoms with van der Waals surface area (Å²) in [7, 11) is 1.47. The summed E-state index contributed by atoms with van der Waals surface area (Å²) >= 11 is 0. The molecule has 7 atom stereocenters. The highest BCUT2D eigenvalue weighted by atomic mass is 16.6. The molecule has 0 aromatic rings. The van der Waals surface area contributed by atoms with Crippen molar-refractivity contribution in [2.45, 2.75) is 52.2 Å². The summed E-state index contributed by atoms with van der Waals surface area (Å²) in [5.41, 5.74) is -1.86. The molecule has 9 nitrogen and oxygen atoms in total. The quantitative estimate of drug-likeness (QED) is 0.253. The first-order valence-corrected chi connectivity index (χ1v) is 13.1. The fraction of sp³-hybridized carbons (Fsp3) is 0.621. The molecule has 3 fully saturated rings. The van der Waals surface area contributed by atoms with Crippen LogP contribution < -0.4 is 0 Å². The number of hydrogen-bond donors (Lipinski definition) is 0. The van der Waals surface area contributed by atoms with E-state index in [-0.39, 0.29) is 42.4 Å². The maximum atomic E-state index is 14.0. The van der Waals surface area contributed by atoms with Crippen molar-refractivity contribution in [3.63, 3.8) is 0 Å². The lowest BCUT2D eigenvalue weighted by molar-refractivity contribution is -0.197. The van der Waals surface area contributed by atoms with Crippen LogP contribution in [0.4, 0.5) is 0 Å². The van der Waals surface area contributed by atoms with Crippen molar-refractivity contribution in [2.75, 3.05) is 33.4 Å². The lowest BCUT2D eigenvalue weighted by Crippen LogP contribution is -2.67. The van der Waals surface area contributed by atoms with Crippen molar-refractivity contribution in [1.82, 2.24) is 4.90 Å². The zero-order chi connectivity index (χ0) is 28.0. The number of carbonyl (C=O) groups excluding carboxylic acids is 5. The predicted molar refractivity (Wildman–Crippen MR) is 137 cm³/mol. The van der Waals surface area contributed by atoms with Gasteiger partial charge in [0.25, 0.3) is 0 Å². The van der Waals surface area contributed by atoms with Gasteiger partial charge in [-0.25, -0.2) is 4.79 Å². The second-order valence-corrected chi connectivity index (χ2v) is 11.3. The first-order chi connectivity index (χ1) is 17.9. The van der Waals surface area contributed by atoms with Gasteiger partial charge >= 0.3 is 11.9 Å². The van der Waals surface area contributed by atoms with Crippen LogP contribution in [0.15, 0.2) is 36.5 Å². The van der Waals surface area contributed by atoms with Gasteiger partial charge in [-0.1, -0.05) is 26.0 Å². The number of ketones is 3. The van der Waals surface area contributed by atoms with E-state index in [0.717, 1.165) is 0 Å². The van der Waals surface area contributed by atoms with E-state index in [1.54, 1.807) is 12.2 Å². The predicted octanol–water partition coefficient (Wildman–Crippen LogP) is 2.24. The van der Waals surface area contributed by atoms with Gasteiger partial charge in [0.15, 0.2) is 0 Å². The Balaban J connectivity index is 1.95. The molecular formula is C29H37NO8. The monoisotopic (exact) mass is 527 g/mol. The molecule has 38 heavy (non-hydrogen) atoms. The number of nitrogens with zero attached hydrogens (tertiary/aromatic N) is 1. The molecule has 3 saturated carbocycles. The molecule has 0 spiro atoms. The minimum absolute atomic E-state index is 0.0125. The molecule has 0 radical (unpaired) electrons. The van der Waals surface area contributed by atoms with Gasteiger partial charge in [-0.05, 0) is 18.8 Å². The molecule has 3 aliphatic carbocycles. The zero-order valence-electron chi connectivity index (χ0n) is 22.6. The van der Waals surface area contributed by atoms with Gasteiger partial charge in [0.05, 0.1) is 12.2 Å². The highest BCUT2D eigenvalue weighted by Gasteiger charge is 2.70. The van der Waals surface area contributed by atoms with Crippen LogP contribution in [0.3, 0.4) is 0 Å². The van der Waals surface area contributed by atoms with E-state index in [1.165, 1.54) is 14.0 Å². The molecule has 1 heterocycles. The van der Waals surface area contributed by atoms with Crippen molar-refractivity contribution >= 4 is 29.3 Å². The van der Waals surface area contributed by atoms with E-state index in [4.69, 9.17) is 14.2 Å². The van der Waals surface area contributed by atoms with Crippen molar-refractivity contribution in [3.05, 3.63) is 36.5 Å². The Hall–Kier alpha value is -2.91. The van der Waals surface area contributed by atoms with Gasteiger partial charge in [-0.15, -0.1) is 13.2 Å². The summed E-state index contributed by atoms with van der Waals surface area (Å²) in [5.74, 6) is -4.47.